The van der Waals surface area contributed by atoms with E-state index in [1.54, 1.807) is 25.3 Å². The predicted molar refractivity (Wildman–Crippen MR) is 114 cm³/mol. The maximum Gasteiger partial charge on any atom is 0.416 e. The fourth-order valence-corrected chi connectivity index (χ4v) is 3.37. The molecule has 3 rings (SSSR count). The fraction of sp³-hybridized carbons (Fsp3) is 0.200. The molecule has 0 spiro atoms. The van der Waals surface area contributed by atoms with Crippen LogP contribution in [-0.2, 0) is 17.4 Å². The highest BCUT2D eigenvalue weighted by atomic mass is 19.4. The van der Waals surface area contributed by atoms with Crippen LogP contribution in [0.3, 0.4) is 0 Å². The number of carbonyl (C=O) groups excluding carboxylic acids is 1. The standard InChI is InChI=1S/C25H23F3N2O/c1-3-8-19-11-7-16-29-22(19)23(20-12-14-21(15-13-20)25(26,27)28)30-24(31)17(2)18-9-5-4-6-10-18/h3-7,9-17,23H,1,8H2,2H3,(H,30,31)/t17-,23?/m0/s1. The summed E-state index contributed by atoms with van der Waals surface area (Å²) in [7, 11) is 0. The molecule has 31 heavy (non-hydrogen) atoms. The van der Waals surface area contributed by atoms with Gasteiger partial charge >= 0.3 is 6.18 Å². The second kappa shape index (κ2) is 9.60. The van der Waals surface area contributed by atoms with Gasteiger partial charge in [-0.1, -0.05) is 54.6 Å². The minimum atomic E-state index is -4.43. The topological polar surface area (TPSA) is 42.0 Å². The van der Waals surface area contributed by atoms with Gasteiger partial charge in [0.15, 0.2) is 0 Å². The van der Waals surface area contributed by atoms with Crippen molar-refractivity contribution in [2.45, 2.75) is 31.5 Å². The molecule has 3 nitrogen and oxygen atoms in total. The molecule has 2 aromatic carbocycles. The molecular formula is C25H23F3N2O. The van der Waals surface area contributed by atoms with Gasteiger partial charge in [-0.2, -0.15) is 13.2 Å². The van der Waals surface area contributed by atoms with Crippen molar-refractivity contribution in [1.82, 2.24) is 10.3 Å². The molecule has 0 saturated heterocycles. The molecule has 0 fully saturated rings. The maximum atomic E-state index is 13.1. The first-order chi connectivity index (χ1) is 14.8. The third kappa shape index (κ3) is 5.40. The van der Waals surface area contributed by atoms with Crippen molar-refractivity contribution in [3.05, 3.63) is 114 Å². The Balaban J connectivity index is 1.99. The van der Waals surface area contributed by atoms with Crippen molar-refractivity contribution in [3.63, 3.8) is 0 Å². The second-order valence-corrected chi connectivity index (χ2v) is 7.23. The van der Waals surface area contributed by atoms with Gasteiger partial charge in [-0.05, 0) is 48.2 Å². The zero-order valence-corrected chi connectivity index (χ0v) is 17.1. The molecule has 0 aliphatic rings. The van der Waals surface area contributed by atoms with E-state index >= 15 is 0 Å². The average Bonchev–Trinajstić information content (AvgIpc) is 2.78. The summed E-state index contributed by atoms with van der Waals surface area (Å²) in [5.74, 6) is -0.684. The van der Waals surface area contributed by atoms with Crippen LogP contribution in [0.1, 0.15) is 46.8 Å². The number of halogens is 3. The Kier molecular flexibility index (Phi) is 6.90. The Labute approximate surface area is 179 Å². The molecule has 2 atom stereocenters. The van der Waals surface area contributed by atoms with Crippen LogP contribution in [-0.4, -0.2) is 10.9 Å². The molecule has 160 valence electrons. The van der Waals surface area contributed by atoms with Crippen LogP contribution in [0.15, 0.2) is 85.6 Å². The van der Waals surface area contributed by atoms with Crippen LogP contribution in [0.25, 0.3) is 0 Å². The van der Waals surface area contributed by atoms with Crippen molar-refractivity contribution < 1.29 is 18.0 Å². The van der Waals surface area contributed by atoms with Gasteiger partial charge in [0, 0.05) is 6.20 Å². The summed E-state index contributed by atoms with van der Waals surface area (Å²) in [6.07, 6.45) is -0.590. The number of amides is 1. The molecule has 0 aliphatic carbocycles. The normalized spacial score (nSPS) is 13.3. The molecule has 1 N–H and O–H groups in total. The second-order valence-electron chi connectivity index (χ2n) is 7.23. The number of alkyl halides is 3. The number of carbonyl (C=O) groups is 1. The van der Waals surface area contributed by atoms with Gasteiger partial charge in [0.1, 0.15) is 0 Å². The SMILES string of the molecule is C=CCc1cccnc1C(NC(=O)[C@@H](C)c1ccccc1)c1ccc(C(F)(F)F)cc1. The third-order valence-corrected chi connectivity index (χ3v) is 5.11. The Bertz CT molecular complexity index is 1030. The van der Waals surface area contributed by atoms with Crippen LogP contribution < -0.4 is 5.32 Å². The van der Waals surface area contributed by atoms with Gasteiger partial charge in [0.05, 0.1) is 23.2 Å². The summed E-state index contributed by atoms with van der Waals surface area (Å²) in [5.41, 5.74) is 2.04. The molecule has 0 saturated carbocycles. The Morgan fingerprint density at radius 3 is 2.32 bits per heavy atom. The molecule has 1 aromatic heterocycles. The first-order valence-electron chi connectivity index (χ1n) is 9.88. The fourth-order valence-electron chi connectivity index (χ4n) is 3.37. The van der Waals surface area contributed by atoms with Crippen LogP contribution in [0.5, 0.6) is 0 Å². The van der Waals surface area contributed by atoms with E-state index in [0.29, 0.717) is 17.7 Å². The number of aromatic nitrogens is 1. The number of nitrogens with zero attached hydrogens (tertiary/aromatic N) is 1. The number of nitrogens with one attached hydrogen (secondary N) is 1. The molecule has 0 radical (unpaired) electrons. The monoisotopic (exact) mass is 424 g/mol. The van der Waals surface area contributed by atoms with Crippen molar-refractivity contribution >= 4 is 5.91 Å². The summed E-state index contributed by atoms with van der Waals surface area (Å²) in [4.78, 5) is 17.5. The quantitative estimate of drug-likeness (QED) is 0.484. The summed E-state index contributed by atoms with van der Waals surface area (Å²) in [5, 5.41) is 2.99. The van der Waals surface area contributed by atoms with Gasteiger partial charge in [0.25, 0.3) is 0 Å². The molecule has 1 heterocycles. The van der Waals surface area contributed by atoms with Crippen molar-refractivity contribution in [2.75, 3.05) is 0 Å². The zero-order valence-electron chi connectivity index (χ0n) is 17.1. The molecule has 1 amide bonds. The molecule has 3 aromatic rings. The molecule has 1 unspecified atom stereocenters. The Morgan fingerprint density at radius 2 is 1.71 bits per heavy atom. The summed E-state index contributed by atoms with van der Waals surface area (Å²) in [6, 6.07) is 17.1. The minimum absolute atomic E-state index is 0.244. The smallest absolute Gasteiger partial charge is 0.343 e. The van der Waals surface area contributed by atoms with E-state index in [1.807, 2.05) is 36.4 Å². The van der Waals surface area contributed by atoms with Crippen LogP contribution in [0, 0.1) is 0 Å². The highest BCUT2D eigenvalue weighted by Gasteiger charge is 2.31. The highest BCUT2D eigenvalue weighted by molar-refractivity contribution is 5.84. The number of benzene rings is 2. The highest BCUT2D eigenvalue weighted by Crippen LogP contribution is 2.32. The lowest BCUT2D eigenvalue weighted by atomic mass is 9.95. The largest absolute Gasteiger partial charge is 0.416 e. The number of hydrogen-bond acceptors (Lipinski definition) is 2. The lowest BCUT2D eigenvalue weighted by Gasteiger charge is -2.23. The third-order valence-electron chi connectivity index (χ3n) is 5.11. The first-order valence-corrected chi connectivity index (χ1v) is 9.88. The predicted octanol–water partition coefficient (Wildman–Crippen LogP) is 5.84. The van der Waals surface area contributed by atoms with Crippen molar-refractivity contribution in [3.8, 4) is 0 Å². The zero-order chi connectivity index (χ0) is 22.4. The van der Waals surface area contributed by atoms with Crippen molar-refractivity contribution in [2.24, 2.45) is 0 Å². The van der Waals surface area contributed by atoms with Gasteiger partial charge in [-0.3, -0.25) is 9.78 Å². The van der Waals surface area contributed by atoms with Crippen LogP contribution >= 0.6 is 0 Å². The summed E-state index contributed by atoms with van der Waals surface area (Å²) in [6.45, 7) is 5.55. The minimum Gasteiger partial charge on any atom is -0.343 e. The molecule has 6 heteroatoms. The van der Waals surface area contributed by atoms with Gasteiger partial charge in [-0.25, -0.2) is 0 Å². The summed E-state index contributed by atoms with van der Waals surface area (Å²) >= 11 is 0. The molecule has 0 bridgehead atoms. The van der Waals surface area contributed by atoms with Gasteiger partial charge in [0.2, 0.25) is 5.91 Å². The van der Waals surface area contributed by atoms with Crippen LogP contribution in [0.4, 0.5) is 13.2 Å². The van der Waals surface area contributed by atoms with Crippen molar-refractivity contribution in [1.29, 1.82) is 0 Å². The van der Waals surface area contributed by atoms with E-state index in [4.69, 9.17) is 0 Å². The molecule has 0 aliphatic heterocycles. The first kappa shape index (κ1) is 22.3. The van der Waals surface area contributed by atoms with E-state index in [1.165, 1.54) is 12.1 Å². The Morgan fingerprint density at radius 1 is 1.03 bits per heavy atom. The maximum absolute atomic E-state index is 13.1. The van der Waals surface area contributed by atoms with E-state index in [9.17, 15) is 18.0 Å². The average molecular weight is 424 g/mol. The van der Waals surface area contributed by atoms with Gasteiger partial charge in [-0.15, -0.1) is 6.58 Å². The van der Waals surface area contributed by atoms with Crippen LogP contribution in [0.2, 0.25) is 0 Å². The van der Waals surface area contributed by atoms with Gasteiger partial charge < -0.3 is 5.32 Å². The lowest BCUT2D eigenvalue weighted by Crippen LogP contribution is -2.33. The van der Waals surface area contributed by atoms with E-state index in [2.05, 4.69) is 16.9 Å². The number of rotatable bonds is 7. The Hall–Kier alpha value is -3.41. The number of allylic oxidation sites excluding steroid dienone is 1. The summed E-state index contributed by atoms with van der Waals surface area (Å²) < 4.78 is 39.1. The van der Waals surface area contributed by atoms with E-state index < -0.39 is 23.7 Å². The molecular weight excluding hydrogens is 401 g/mol. The number of hydrogen-bond donors (Lipinski definition) is 1. The number of pyridine rings is 1. The van der Waals surface area contributed by atoms with E-state index in [0.717, 1.165) is 23.3 Å². The van der Waals surface area contributed by atoms with E-state index in [-0.39, 0.29) is 5.91 Å². The lowest BCUT2D eigenvalue weighted by molar-refractivity contribution is -0.137.